The molecule has 0 N–H and O–H groups in total. The Labute approximate surface area is 172 Å². The summed E-state index contributed by atoms with van der Waals surface area (Å²) in [5.41, 5.74) is 3.70. The zero-order chi connectivity index (χ0) is 19.5. The number of para-hydroxylation sites is 4. The molecule has 5 rings (SSSR count). The quantitative estimate of drug-likeness (QED) is 0.662. The maximum atomic E-state index is 6.40. The summed E-state index contributed by atoms with van der Waals surface area (Å²) in [6.07, 6.45) is 0.161. The zero-order valence-electron chi connectivity index (χ0n) is 16.7. The Morgan fingerprint density at radius 1 is 0.690 bits per heavy atom. The highest BCUT2D eigenvalue weighted by Gasteiger charge is 2.29. The van der Waals surface area contributed by atoms with Crippen LogP contribution >= 0.6 is 0 Å². The van der Waals surface area contributed by atoms with E-state index < -0.39 is 0 Å². The van der Waals surface area contributed by atoms with Gasteiger partial charge in [0, 0.05) is 44.1 Å². The molecular formula is C25H27N3O. The lowest BCUT2D eigenvalue weighted by Gasteiger charge is -2.41. The fourth-order valence-electron chi connectivity index (χ4n) is 4.36. The molecule has 1 unspecified atom stereocenters. The van der Waals surface area contributed by atoms with Gasteiger partial charge in [0.25, 0.3) is 0 Å². The van der Waals surface area contributed by atoms with E-state index in [1.807, 2.05) is 0 Å². The maximum absolute atomic E-state index is 6.40. The van der Waals surface area contributed by atoms with E-state index in [2.05, 4.69) is 99.6 Å². The number of rotatable bonds is 4. The highest BCUT2D eigenvalue weighted by atomic mass is 16.5. The van der Waals surface area contributed by atoms with E-state index >= 15 is 0 Å². The minimum atomic E-state index is 0.161. The standard InChI is InChI=1S/C25H27N3O/c1-3-9-21(10-4-1)27-17-15-26(16-18-27)19-23-20-28(22-11-5-2-6-12-22)24-13-7-8-14-25(24)29-23/h1-14,23H,15-20H2. The molecule has 0 spiro atoms. The highest BCUT2D eigenvalue weighted by Crippen LogP contribution is 2.38. The van der Waals surface area contributed by atoms with Crippen molar-refractivity contribution in [2.75, 3.05) is 49.1 Å². The van der Waals surface area contributed by atoms with Crippen LogP contribution in [0.3, 0.4) is 0 Å². The van der Waals surface area contributed by atoms with Crippen molar-refractivity contribution in [1.82, 2.24) is 4.90 Å². The summed E-state index contributed by atoms with van der Waals surface area (Å²) in [6, 6.07) is 29.7. The Hall–Kier alpha value is -2.98. The SMILES string of the molecule is c1ccc(N2CCN(CC3CN(c4ccccc4)c4ccccc4O3)CC2)cc1. The first-order valence-corrected chi connectivity index (χ1v) is 10.5. The smallest absolute Gasteiger partial charge is 0.143 e. The summed E-state index contributed by atoms with van der Waals surface area (Å²) in [6.45, 7) is 6.11. The lowest BCUT2D eigenvalue weighted by Crippen LogP contribution is -2.51. The van der Waals surface area contributed by atoms with Crippen molar-refractivity contribution < 1.29 is 4.74 Å². The molecule has 4 nitrogen and oxygen atoms in total. The number of hydrogen-bond acceptors (Lipinski definition) is 4. The van der Waals surface area contributed by atoms with Crippen LogP contribution in [-0.2, 0) is 0 Å². The van der Waals surface area contributed by atoms with E-state index in [1.165, 1.54) is 11.4 Å². The first-order valence-electron chi connectivity index (χ1n) is 10.5. The summed E-state index contributed by atoms with van der Waals surface area (Å²) in [7, 11) is 0. The van der Waals surface area contributed by atoms with Crippen molar-refractivity contribution in [1.29, 1.82) is 0 Å². The molecule has 0 bridgehead atoms. The van der Waals surface area contributed by atoms with Crippen LogP contribution in [-0.4, -0.2) is 50.3 Å². The van der Waals surface area contributed by atoms with Gasteiger partial charge < -0.3 is 14.5 Å². The monoisotopic (exact) mass is 385 g/mol. The number of nitrogens with zero attached hydrogens (tertiary/aromatic N) is 3. The van der Waals surface area contributed by atoms with Crippen LogP contribution in [0.2, 0.25) is 0 Å². The summed E-state index contributed by atoms with van der Waals surface area (Å²) in [4.78, 5) is 7.41. The normalized spacial score (nSPS) is 19.5. The number of benzene rings is 3. The molecule has 0 aromatic heterocycles. The minimum Gasteiger partial charge on any atom is -0.485 e. The summed E-state index contributed by atoms with van der Waals surface area (Å²) < 4.78 is 6.40. The molecule has 0 radical (unpaired) electrons. The Morgan fingerprint density at radius 3 is 2.03 bits per heavy atom. The van der Waals surface area contributed by atoms with Crippen LogP contribution in [0, 0.1) is 0 Å². The molecule has 1 atom stereocenters. The third kappa shape index (κ3) is 3.94. The van der Waals surface area contributed by atoms with Crippen LogP contribution in [0.1, 0.15) is 0 Å². The first kappa shape index (κ1) is 18.1. The molecule has 2 aliphatic heterocycles. The van der Waals surface area contributed by atoms with Crippen molar-refractivity contribution in [2.24, 2.45) is 0 Å². The molecular weight excluding hydrogens is 358 g/mol. The van der Waals surface area contributed by atoms with Crippen molar-refractivity contribution >= 4 is 17.1 Å². The van der Waals surface area contributed by atoms with Crippen LogP contribution < -0.4 is 14.5 Å². The molecule has 2 heterocycles. The minimum absolute atomic E-state index is 0.161. The molecule has 29 heavy (non-hydrogen) atoms. The fraction of sp³-hybridized carbons (Fsp3) is 0.280. The van der Waals surface area contributed by atoms with Crippen molar-refractivity contribution in [3.05, 3.63) is 84.9 Å². The van der Waals surface area contributed by atoms with Gasteiger partial charge in [-0.1, -0.05) is 48.5 Å². The second-order valence-corrected chi connectivity index (χ2v) is 7.78. The Bertz CT molecular complexity index is 923. The van der Waals surface area contributed by atoms with Gasteiger partial charge in [0.1, 0.15) is 11.9 Å². The van der Waals surface area contributed by atoms with Crippen LogP contribution in [0.5, 0.6) is 5.75 Å². The number of piperazine rings is 1. The van der Waals surface area contributed by atoms with Crippen molar-refractivity contribution in [2.45, 2.75) is 6.10 Å². The number of ether oxygens (including phenoxy) is 1. The molecule has 0 aliphatic carbocycles. The van der Waals surface area contributed by atoms with E-state index in [4.69, 9.17) is 4.74 Å². The predicted molar refractivity (Wildman–Crippen MR) is 119 cm³/mol. The lowest BCUT2D eigenvalue weighted by atomic mass is 10.1. The Kier molecular flexibility index (Phi) is 5.10. The molecule has 3 aromatic rings. The van der Waals surface area contributed by atoms with E-state index in [9.17, 15) is 0 Å². The van der Waals surface area contributed by atoms with Gasteiger partial charge in [0.05, 0.1) is 12.2 Å². The third-order valence-corrected chi connectivity index (χ3v) is 5.86. The van der Waals surface area contributed by atoms with Crippen LogP contribution in [0.15, 0.2) is 84.9 Å². The Balaban J connectivity index is 1.27. The predicted octanol–water partition coefficient (Wildman–Crippen LogP) is 4.41. The van der Waals surface area contributed by atoms with Gasteiger partial charge in [-0.25, -0.2) is 0 Å². The molecule has 2 aliphatic rings. The first-order chi connectivity index (χ1) is 14.4. The highest BCUT2D eigenvalue weighted by molar-refractivity contribution is 5.70. The van der Waals surface area contributed by atoms with Crippen molar-refractivity contribution in [3.63, 3.8) is 0 Å². The van der Waals surface area contributed by atoms with Gasteiger partial charge in [0.15, 0.2) is 0 Å². The molecule has 3 aromatic carbocycles. The van der Waals surface area contributed by atoms with Gasteiger partial charge in [-0.15, -0.1) is 0 Å². The molecule has 0 saturated carbocycles. The average molecular weight is 386 g/mol. The number of fused-ring (bicyclic) bond motifs is 1. The molecule has 0 amide bonds. The second-order valence-electron chi connectivity index (χ2n) is 7.78. The van der Waals surface area contributed by atoms with E-state index in [0.29, 0.717) is 0 Å². The van der Waals surface area contributed by atoms with Gasteiger partial charge in [-0.2, -0.15) is 0 Å². The van der Waals surface area contributed by atoms with E-state index in [0.717, 1.165) is 50.7 Å². The summed E-state index contributed by atoms with van der Waals surface area (Å²) in [5.74, 6) is 0.982. The maximum Gasteiger partial charge on any atom is 0.143 e. The van der Waals surface area contributed by atoms with Gasteiger partial charge in [-0.05, 0) is 36.4 Å². The third-order valence-electron chi connectivity index (χ3n) is 5.86. The van der Waals surface area contributed by atoms with Gasteiger partial charge >= 0.3 is 0 Å². The van der Waals surface area contributed by atoms with Crippen molar-refractivity contribution in [3.8, 4) is 5.75 Å². The molecule has 4 heteroatoms. The number of hydrogen-bond donors (Lipinski definition) is 0. The number of anilines is 3. The molecule has 1 fully saturated rings. The molecule has 148 valence electrons. The van der Waals surface area contributed by atoms with Crippen LogP contribution in [0.25, 0.3) is 0 Å². The lowest BCUT2D eigenvalue weighted by molar-refractivity contribution is 0.127. The Morgan fingerprint density at radius 2 is 1.31 bits per heavy atom. The zero-order valence-corrected chi connectivity index (χ0v) is 16.7. The summed E-state index contributed by atoms with van der Waals surface area (Å²) in [5, 5.41) is 0. The molecule has 1 saturated heterocycles. The fourth-order valence-corrected chi connectivity index (χ4v) is 4.36. The van der Waals surface area contributed by atoms with E-state index in [-0.39, 0.29) is 6.10 Å². The van der Waals surface area contributed by atoms with Gasteiger partial charge in [0.2, 0.25) is 0 Å². The average Bonchev–Trinajstić information content (AvgIpc) is 2.80. The topological polar surface area (TPSA) is 19.0 Å². The largest absolute Gasteiger partial charge is 0.485 e. The summed E-state index contributed by atoms with van der Waals surface area (Å²) >= 11 is 0. The van der Waals surface area contributed by atoms with Crippen LogP contribution in [0.4, 0.5) is 17.1 Å². The van der Waals surface area contributed by atoms with E-state index in [1.54, 1.807) is 0 Å². The second kappa shape index (κ2) is 8.18. The van der Waals surface area contributed by atoms with Gasteiger partial charge in [-0.3, -0.25) is 4.90 Å².